The zero-order valence-corrected chi connectivity index (χ0v) is 19.1. The van der Waals surface area contributed by atoms with Crippen molar-refractivity contribution in [2.75, 3.05) is 11.1 Å². The highest BCUT2D eigenvalue weighted by Crippen LogP contribution is 2.37. The number of nitrogens with one attached hydrogen (secondary N) is 1. The van der Waals surface area contributed by atoms with Crippen molar-refractivity contribution in [3.63, 3.8) is 0 Å². The van der Waals surface area contributed by atoms with Crippen LogP contribution in [0.25, 0.3) is 0 Å². The first-order chi connectivity index (χ1) is 13.5. The number of rotatable bonds is 4. The van der Waals surface area contributed by atoms with Crippen LogP contribution in [0.5, 0.6) is 0 Å². The minimum Gasteiger partial charge on any atom is -0.365 e. The van der Waals surface area contributed by atoms with Crippen molar-refractivity contribution in [2.45, 2.75) is 52.0 Å². The Bertz CT molecular complexity index is 988. The second-order valence-electron chi connectivity index (χ2n) is 8.51. The summed E-state index contributed by atoms with van der Waals surface area (Å²) < 4.78 is 0. The van der Waals surface area contributed by atoms with E-state index in [1.165, 1.54) is 11.3 Å². The van der Waals surface area contributed by atoms with Crippen LogP contribution >= 0.6 is 23.1 Å². The Morgan fingerprint density at radius 1 is 1.24 bits per heavy atom. The summed E-state index contributed by atoms with van der Waals surface area (Å²) >= 11 is 3.09. The van der Waals surface area contributed by atoms with Gasteiger partial charge in [0.1, 0.15) is 4.88 Å². The van der Waals surface area contributed by atoms with Crippen molar-refractivity contribution in [1.82, 2.24) is 0 Å². The van der Waals surface area contributed by atoms with Gasteiger partial charge in [-0.1, -0.05) is 32.9 Å². The molecule has 0 spiro atoms. The van der Waals surface area contributed by atoms with E-state index < -0.39 is 5.91 Å². The first-order valence-corrected chi connectivity index (χ1v) is 11.3. The average molecular weight is 430 g/mol. The Morgan fingerprint density at radius 3 is 2.59 bits per heavy atom. The van der Waals surface area contributed by atoms with Crippen molar-refractivity contribution in [3.05, 3.63) is 51.2 Å². The van der Waals surface area contributed by atoms with Crippen LogP contribution < -0.4 is 11.1 Å². The normalized spacial score (nSPS) is 19.6. The maximum atomic E-state index is 13.0. The van der Waals surface area contributed by atoms with E-state index in [0.717, 1.165) is 27.7 Å². The molecule has 29 heavy (non-hydrogen) atoms. The van der Waals surface area contributed by atoms with Gasteiger partial charge in [0.15, 0.2) is 0 Å². The standard InChI is InChI=1S/C22H27N3O2S2/c1-13-25-22(5,9-10-28-13)15-8-6-7-14(11-15)20(27)24-16-12-17(21(2,3)4)29-18(16)19(23)26/h6-8,11-12H,9-10H2,1-5H3,(H2,23,26)(H,24,27). The van der Waals surface area contributed by atoms with Crippen LogP contribution in [0, 0.1) is 0 Å². The van der Waals surface area contributed by atoms with E-state index in [-0.39, 0.29) is 16.9 Å². The van der Waals surface area contributed by atoms with Crippen molar-refractivity contribution in [1.29, 1.82) is 0 Å². The van der Waals surface area contributed by atoms with E-state index in [2.05, 4.69) is 33.0 Å². The Hall–Kier alpha value is -2.12. The summed E-state index contributed by atoms with van der Waals surface area (Å²) in [7, 11) is 0. The minimum absolute atomic E-state index is 0.138. The molecular weight excluding hydrogens is 402 g/mol. The van der Waals surface area contributed by atoms with Crippen LogP contribution in [0.3, 0.4) is 0 Å². The third-order valence-corrected chi connectivity index (χ3v) is 7.49. The number of amides is 2. The highest BCUT2D eigenvalue weighted by Gasteiger charge is 2.29. The highest BCUT2D eigenvalue weighted by molar-refractivity contribution is 8.13. The van der Waals surface area contributed by atoms with Gasteiger partial charge in [0.05, 0.1) is 16.3 Å². The third-order valence-electron chi connectivity index (χ3n) is 4.99. The van der Waals surface area contributed by atoms with E-state index in [1.807, 2.05) is 31.2 Å². The third kappa shape index (κ3) is 4.73. The number of primary amides is 1. The SMILES string of the molecule is CC1=NC(C)(c2cccc(C(=O)Nc3cc(C(C)(C)C)sc3C(N)=O)c2)CCS1. The monoisotopic (exact) mass is 429 g/mol. The molecule has 0 radical (unpaired) electrons. The number of carbonyl (C=O) groups is 2. The highest BCUT2D eigenvalue weighted by atomic mass is 32.2. The fourth-order valence-corrected chi connectivity index (χ4v) is 5.35. The summed E-state index contributed by atoms with van der Waals surface area (Å²) in [6.45, 7) is 10.3. The lowest BCUT2D eigenvalue weighted by molar-refractivity contribution is 0.100. The van der Waals surface area contributed by atoms with Gasteiger partial charge in [-0.2, -0.15) is 0 Å². The summed E-state index contributed by atoms with van der Waals surface area (Å²) in [5.41, 5.74) is 7.10. The van der Waals surface area contributed by atoms with Crippen LogP contribution in [0.4, 0.5) is 5.69 Å². The largest absolute Gasteiger partial charge is 0.365 e. The molecule has 5 nitrogen and oxygen atoms in total. The summed E-state index contributed by atoms with van der Waals surface area (Å²) in [4.78, 5) is 31.0. The topological polar surface area (TPSA) is 84.6 Å². The molecule has 1 aliphatic heterocycles. The van der Waals surface area contributed by atoms with Gasteiger partial charge in [0.2, 0.25) is 0 Å². The molecule has 1 aromatic carbocycles. The Balaban J connectivity index is 1.90. The van der Waals surface area contributed by atoms with E-state index in [0.29, 0.717) is 16.1 Å². The van der Waals surface area contributed by atoms with Gasteiger partial charge in [0, 0.05) is 16.2 Å². The smallest absolute Gasteiger partial charge is 0.260 e. The van der Waals surface area contributed by atoms with Gasteiger partial charge in [-0.15, -0.1) is 23.1 Å². The van der Waals surface area contributed by atoms with E-state index in [4.69, 9.17) is 10.7 Å². The summed E-state index contributed by atoms with van der Waals surface area (Å²) in [5.74, 6) is 0.211. The fraction of sp³-hybridized carbons (Fsp3) is 0.409. The molecule has 1 aliphatic rings. The number of anilines is 1. The molecule has 1 aromatic heterocycles. The molecule has 1 atom stereocenters. The van der Waals surface area contributed by atoms with Crippen LogP contribution in [0.2, 0.25) is 0 Å². The van der Waals surface area contributed by atoms with Crippen molar-refractivity contribution in [3.8, 4) is 0 Å². The molecule has 154 valence electrons. The molecule has 3 rings (SSSR count). The number of aliphatic imine (C=N–C) groups is 1. The van der Waals surface area contributed by atoms with Crippen LogP contribution in [0.1, 0.15) is 71.5 Å². The number of thiophene rings is 1. The molecule has 3 N–H and O–H groups in total. The summed E-state index contributed by atoms with van der Waals surface area (Å²) in [5, 5.41) is 3.95. The van der Waals surface area contributed by atoms with Gasteiger partial charge in [0.25, 0.3) is 11.8 Å². The first-order valence-electron chi connectivity index (χ1n) is 9.55. The number of carbonyl (C=O) groups excluding carboxylic acids is 2. The van der Waals surface area contributed by atoms with Gasteiger partial charge >= 0.3 is 0 Å². The lowest BCUT2D eigenvalue weighted by Gasteiger charge is -2.30. The predicted octanol–water partition coefficient (Wildman–Crippen LogP) is 5.17. The molecule has 1 unspecified atom stereocenters. The van der Waals surface area contributed by atoms with Crippen LogP contribution in [-0.4, -0.2) is 22.6 Å². The maximum absolute atomic E-state index is 13.0. The molecule has 0 saturated heterocycles. The van der Waals surface area contributed by atoms with E-state index >= 15 is 0 Å². The minimum atomic E-state index is -0.536. The fourth-order valence-electron chi connectivity index (χ4n) is 3.27. The molecular formula is C22H27N3O2S2. The zero-order chi connectivity index (χ0) is 21.4. The summed E-state index contributed by atoms with van der Waals surface area (Å²) in [6, 6.07) is 9.41. The van der Waals surface area contributed by atoms with Crippen LogP contribution in [-0.2, 0) is 11.0 Å². The average Bonchev–Trinajstić information content (AvgIpc) is 3.06. The molecule has 2 aromatic rings. The van der Waals surface area contributed by atoms with Crippen molar-refractivity contribution in [2.24, 2.45) is 10.7 Å². The lowest BCUT2D eigenvalue weighted by atomic mass is 9.88. The predicted molar refractivity (Wildman–Crippen MR) is 123 cm³/mol. The number of nitrogens with zero attached hydrogens (tertiary/aromatic N) is 1. The molecule has 0 fully saturated rings. The number of hydrogen-bond acceptors (Lipinski definition) is 5. The van der Waals surface area contributed by atoms with Crippen molar-refractivity contribution < 1.29 is 9.59 Å². The zero-order valence-electron chi connectivity index (χ0n) is 17.5. The van der Waals surface area contributed by atoms with Gasteiger partial charge in [-0.25, -0.2) is 0 Å². The Morgan fingerprint density at radius 2 is 1.97 bits per heavy atom. The second kappa shape index (κ2) is 7.95. The van der Waals surface area contributed by atoms with Gasteiger partial charge in [-0.05, 0) is 49.4 Å². The molecule has 0 bridgehead atoms. The molecule has 2 heterocycles. The van der Waals surface area contributed by atoms with E-state index in [9.17, 15) is 9.59 Å². The van der Waals surface area contributed by atoms with E-state index in [1.54, 1.807) is 17.8 Å². The molecule has 0 saturated carbocycles. The van der Waals surface area contributed by atoms with Crippen LogP contribution in [0.15, 0.2) is 35.3 Å². The Labute approximate surface area is 180 Å². The quantitative estimate of drug-likeness (QED) is 0.703. The molecule has 2 amide bonds. The van der Waals surface area contributed by atoms with Gasteiger partial charge in [-0.3, -0.25) is 14.6 Å². The maximum Gasteiger partial charge on any atom is 0.260 e. The molecule has 7 heteroatoms. The molecule has 0 aliphatic carbocycles. The number of nitrogens with two attached hydrogens (primary N) is 1. The number of benzene rings is 1. The Kier molecular flexibility index (Phi) is 5.92. The number of thioether (sulfide) groups is 1. The summed E-state index contributed by atoms with van der Waals surface area (Å²) in [6.07, 6.45) is 0.922. The first kappa shape index (κ1) is 21.6. The van der Waals surface area contributed by atoms with Crippen molar-refractivity contribution >= 4 is 45.6 Å². The van der Waals surface area contributed by atoms with Gasteiger partial charge < -0.3 is 11.1 Å². The number of hydrogen-bond donors (Lipinski definition) is 2. The lowest BCUT2D eigenvalue weighted by Crippen LogP contribution is -2.25. The second-order valence-corrected chi connectivity index (χ2v) is 10.8.